The van der Waals surface area contributed by atoms with E-state index in [4.69, 9.17) is 23.2 Å². The molecule has 16 heavy (non-hydrogen) atoms. The number of hydrogen-bond donors (Lipinski definition) is 1. The fourth-order valence-corrected chi connectivity index (χ4v) is 3.14. The van der Waals surface area contributed by atoms with Gasteiger partial charge >= 0.3 is 0 Å². The summed E-state index contributed by atoms with van der Waals surface area (Å²) >= 11 is 12.1. The van der Waals surface area contributed by atoms with Gasteiger partial charge in [-0.1, -0.05) is 41.4 Å². The van der Waals surface area contributed by atoms with Crippen LogP contribution < -0.4 is 0 Å². The zero-order valence-electron chi connectivity index (χ0n) is 9.30. The fourth-order valence-electron chi connectivity index (χ4n) is 2.34. The van der Waals surface area contributed by atoms with Crippen LogP contribution in [0.1, 0.15) is 24.0 Å². The molecule has 1 aliphatic rings. The highest BCUT2D eigenvalue weighted by atomic mass is 35.5. The molecule has 2 rings (SSSR count). The molecule has 0 bridgehead atoms. The highest BCUT2D eigenvalue weighted by Gasteiger charge is 2.64. The second kappa shape index (κ2) is 3.76. The molecular formula is C13H14Cl2O. The number of benzene rings is 1. The van der Waals surface area contributed by atoms with E-state index in [2.05, 4.69) is 6.58 Å². The van der Waals surface area contributed by atoms with Crippen LogP contribution in [0.2, 0.25) is 5.02 Å². The Morgan fingerprint density at radius 1 is 1.44 bits per heavy atom. The first-order chi connectivity index (χ1) is 7.34. The third-order valence-electron chi connectivity index (χ3n) is 3.05. The molecule has 3 atom stereocenters. The highest BCUT2D eigenvalue weighted by molar-refractivity contribution is 6.30. The summed E-state index contributed by atoms with van der Waals surface area (Å²) in [6, 6.07) is 5.75. The normalized spacial score (nSPS) is 32.6. The van der Waals surface area contributed by atoms with Crippen LogP contribution in [0.3, 0.4) is 0 Å². The molecule has 3 heteroatoms. The van der Waals surface area contributed by atoms with Gasteiger partial charge in [0, 0.05) is 16.9 Å². The number of halogens is 2. The number of hydrogen-bond acceptors (Lipinski definition) is 1. The third-order valence-corrected chi connectivity index (χ3v) is 3.74. The van der Waals surface area contributed by atoms with Gasteiger partial charge in [0.25, 0.3) is 0 Å². The Bertz CT molecular complexity index is 431. The fraction of sp³-hybridized carbons (Fsp3) is 0.385. The largest absolute Gasteiger partial charge is 0.374 e. The summed E-state index contributed by atoms with van der Waals surface area (Å²) in [6.07, 6.45) is 0. The molecule has 0 saturated heterocycles. The maximum absolute atomic E-state index is 10.0. The molecule has 1 aliphatic carbocycles. The van der Waals surface area contributed by atoms with Gasteiger partial charge in [-0.2, -0.15) is 0 Å². The Hall–Kier alpha value is -0.500. The predicted octanol–water partition coefficient (Wildman–Crippen LogP) is 3.87. The lowest BCUT2D eigenvalue weighted by molar-refractivity contribution is 0.219. The molecule has 0 spiro atoms. The van der Waals surface area contributed by atoms with E-state index < -0.39 is 5.06 Å². The van der Waals surface area contributed by atoms with Gasteiger partial charge in [-0.05, 0) is 37.1 Å². The van der Waals surface area contributed by atoms with Gasteiger partial charge in [-0.15, -0.1) is 0 Å². The molecule has 1 saturated carbocycles. The van der Waals surface area contributed by atoms with Gasteiger partial charge in [-0.25, -0.2) is 0 Å². The van der Waals surface area contributed by atoms with Crippen molar-refractivity contribution in [3.8, 4) is 0 Å². The molecule has 0 amide bonds. The van der Waals surface area contributed by atoms with Gasteiger partial charge in [-0.3, -0.25) is 0 Å². The van der Waals surface area contributed by atoms with E-state index in [1.165, 1.54) is 0 Å². The van der Waals surface area contributed by atoms with Crippen molar-refractivity contribution >= 4 is 23.2 Å². The summed E-state index contributed by atoms with van der Waals surface area (Å²) < 4.78 is 0. The maximum atomic E-state index is 10.0. The Kier molecular flexibility index (Phi) is 2.82. The van der Waals surface area contributed by atoms with Crippen molar-refractivity contribution in [2.75, 3.05) is 0 Å². The van der Waals surface area contributed by atoms with Crippen molar-refractivity contribution in [2.45, 2.75) is 24.8 Å². The summed E-state index contributed by atoms with van der Waals surface area (Å²) in [7, 11) is 0. The number of aliphatic hydroxyl groups is 1. The minimum atomic E-state index is -1.19. The highest BCUT2D eigenvalue weighted by Crippen LogP contribution is 2.63. The molecular weight excluding hydrogens is 243 g/mol. The van der Waals surface area contributed by atoms with Crippen LogP contribution in [0.15, 0.2) is 30.4 Å². The summed E-state index contributed by atoms with van der Waals surface area (Å²) in [5.74, 6) is -0.170. The van der Waals surface area contributed by atoms with Crippen LogP contribution in [-0.4, -0.2) is 10.2 Å². The SMILES string of the molecule is C=C(C)C1C(c2cc(C)cc(Cl)c2)C1(O)Cl. The average Bonchev–Trinajstić information content (AvgIpc) is 2.67. The number of rotatable bonds is 2. The van der Waals surface area contributed by atoms with E-state index in [1.807, 2.05) is 32.0 Å². The zero-order valence-corrected chi connectivity index (χ0v) is 10.8. The van der Waals surface area contributed by atoms with Crippen molar-refractivity contribution in [3.63, 3.8) is 0 Å². The second-order valence-electron chi connectivity index (χ2n) is 4.59. The van der Waals surface area contributed by atoms with Gasteiger partial charge in [0.05, 0.1) is 0 Å². The molecule has 0 aromatic heterocycles. The topological polar surface area (TPSA) is 20.2 Å². The first-order valence-electron chi connectivity index (χ1n) is 5.18. The van der Waals surface area contributed by atoms with E-state index in [-0.39, 0.29) is 11.8 Å². The zero-order chi connectivity index (χ0) is 12.1. The Morgan fingerprint density at radius 2 is 2.06 bits per heavy atom. The van der Waals surface area contributed by atoms with E-state index in [9.17, 15) is 5.11 Å². The minimum absolute atomic E-state index is 0.0768. The molecule has 1 aromatic carbocycles. The summed E-state index contributed by atoms with van der Waals surface area (Å²) in [5.41, 5.74) is 2.96. The van der Waals surface area contributed by atoms with Gasteiger partial charge in [0.1, 0.15) is 0 Å². The predicted molar refractivity (Wildman–Crippen MR) is 68.0 cm³/mol. The third kappa shape index (κ3) is 1.88. The van der Waals surface area contributed by atoms with Crippen LogP contribution in [0.5, 0.6) is 0 Å². The molecule has 1 fully saturated rings. The van der Waals surface area contributed by atoms with Crippen molar-refractivity contribution in [2.24, 2.45) is 5.92 Å². The molecule has 0 radical (unpaired) electrons. The molecule has 86 valence electrons. The lowest BCUT2D eigenvalue weighted by Gasteiger charge is -2.03. The monoisotopic (exact) mass is 256 g/mol. The Balaban J connectivity index is 2.37. The lowest BCUT2D eigenvalue weighted by Crippen LogP contribution is -2.01. The average molecular weight is 257 g/mol. The number of aryl methyl sites for hydroxylation is 1. The van der Waals surface area contributed by atoms with E-state index in [0.29, 0.717) is 5.02 Å². The van der Waals surface area contributed by atoms with E-state index >= 15 is 0 Å². The Morgan fingerprint density at radius 3 is 2.50 bits per heavy atom. The van der Waals surface area contributed by atoms with Crippen molar-refractivity contribution in [1.29, 1.82) is 0 Å². The number of alkyl halides is 1. The second-order valence-corrected chi connectivity index (χ2v) is 5.63. The summed E-state index contributed by atoms with van der Waals surface area (Å²) in [6.45, 7) is 7.71. The van der Waals surface area contributed by atoms with E-state index in [0.717, 1.165) is 16.7 Å². The maximum Gasteiger partial charge on any atom is 0.153 e. The molecule has 0 aliphatic heterocycles. The smallest absolute Gasteiger partial charge is 0.153 e. The summed E-state index contributed by atoms with van der Waals surface area (Å²) in [4.78, 5) is 0. The van der Waals surface area contributed by atoms with Crippen molar-refractivity contribution in [1.82, 2.24) is 0 Å². The minimum Gasteiger partial charge on any atom is -0.374 e. The molecule has 1 N–H and O–H groups in total. The first-order valence-corrected chi connectivity index (χ1v) is 5.93. The van der Waals surface area contributed by atoms with Crippen LogP contribution in [0.25, 0.3) is 0 Å². The molecule has 1 aromatic rings. The summed E-state index contributed by atoms with van der Waals surface area (Å²) in [5, 5.41) is 9.50. The molecule has 0 heterocycles. The quantitative estimate of drug-likeness (QED) is 0.630. The molecule has 1 nitrogen and oxygen atoms in total. The first kappa shape index (κ1) is 12.0. The van der Waals surface area contributed by atoms with Gasteiger partial charge < -0.3 is 5.11 Å². The van der Waals surface area contributed by atoms with Crippen LogP contribution in [0, 0.1) is 12.8 Å². The molecule has 3 unspecified atom stereocenters. The van der Waals surface area contributed by atoms with Crippen molar-refractivity contribution in [3.05, 3.63) is 46.5 Å². The van der Waals surface area contributed by atoms with Crippen molar-refractivity contribution < 1.29 is 5.11 Å². The lowest BCUT2D eigenvalue weighted by atomic mass is 10.0. The standard InChI is InChI=1S/C13H14Cl2O/c1-7(2)11-12(13(11,15)16)9-4-8(3)5-10(14)6-9/h4-6,11-12,16H,1H2,2-3H3. The van der Waals surface area contributed by atoms with Gasteiger partial charge in [0.15, 0.2) is 5.06 Å². The van der Waals surface area contributed by atoms with E-state index in [1.54, 1.807) is 0 Å². The van der Waals surface area contributed by atoms with Gasteiger partial charge in [0.2, 0.25) is 0 Å². The van der Waals surface area contributed by atoms with Crippen LogP contribution in [0.4, 0.5) is 0 Å². The van der Waals surface area contributed by atoms with Crippen LogP contribution in [-0.2, 0) is 0 Å². The van der Waals surface area contributed by atoms with Crippen LogP contribution >= 0.6 is 23.2 Å². The Labute approximate surface area is 106 Å².